The van der Waals surface area contributed by atoms with Crippen molar-refractivity contribution < 1.29 is 27.4 Å². The highest BCUT2D eigenvalue weighted by Gasteiger charge is 2.31. The fourth-order valence-electron chi connectivity index (χ4n) is 5.02. The number of amides is 1. The molecule has 1 saturated heterocycles. The van der Waals surface area contributed by atoms with Gasteiger partial charge in [0.15, 0.2) is 11.5 Å². The van der Waals surface area contributed by atoms with E-state index >= 15 is 0 Å². The topological polar surface area (TPSA) is 45.3 Å². The summed E-state index contributed by atoms with van der Waals surface area (Å²) in [6.07, 6.45) is -0.917. The molecule has 0 N–H and O–H groups in total. The number of carbonyl (C=O) groups excluding carboxylic acids is 1. The summed E-state index contributed by atoms with van der Waals surface area (Å²) in [4.78, 5) is 18.9. The summed E-state index contributed by atoms with van der Waals surface area (Å²) < 4.78 is 49.8. The van der Waals surface area contributed by atoms with Gasteiger partial charge in [-0.2, -0.15) is 13.2 Å². The second-order valence-electron chi connectivity index (χ2n) is 9.41. The molecule has 2 aromatic carbocycles. The van der Waals surface area contributed by atoms with Crippen LogP contribution < -0.4 is 14.4 Å². The van der Waals surface area contributed by atoms with Gasteiger partial charge in [-0.3, -0.25) is 9.69 Å². The molecule has 5 rings (SSSR count). The van der Waals surface area contributed by atoms with Gasteiger partial charge in [-0.25, -0.2) is 0 Å². The fraction of sp³-hybridized carbons (Fsp3) is 0.500. The Morgan fingerprint density at radius 2 is 1.56 bits per heavy atom. The summed E-state index contributed by atoms with van der Waals surface area (Å²) in [5, 5.41) is 0. The normalized spacial score (nSPS) is 17.2. The molecule has 1 amide bonds. The number of halogens is 4. The lowest BCUT2D eigenvalue weighted by molar-refractivity contribution is -0.137. The Morgan fingerprint density at radius 1 is 0.889 bits per heavy atom. The van der Waals surface area contributed by atoms with Crippen LogP contribution in [0, 0.1) is 0 Å². The number of rotatable bonds is 7. The maximum absolute atomic E-state index is 13.0. The standard InChI is InChI=1S/C26H30F3N3O3.ClH/c27-26(28,29)21-5-4-6-22(15-21)31-11-9-30(10-12-31)8-3-1-2-7-25(33)32-16-19-13-23-24(35-18-34-23)14-20(19)17-32;/h4-6,13-15H,1-3,7-12,16-18H2;1H. The van der Waals surface area contributed by atoms with Crippen molar-refractivity contribution in [3.8, 4) is 11.5 Å². The van der Waals surface area contributed by atoms with E-state index in [1.807, 2.05) is 21.9 Å². The van der Waals surface area contributed by atoms with Gasteiger partial charge in [0.05, 0.1) is 5.56 Å². The first-order chi connectivity index (χ1) is 16.9. The van der Waals surface area contributed by atoms with Gasteiger partial charge in [0.1, 0.15) is 0 Å². The van der Waals surface area contributed by atoms with Crippen LogP contribution in [-0.4, -0.2) is 55.2 Å². The molecule has 3 aliphatic rings. The summed E-state index contributed by atoms with van der Waals surface area (Å²) >= 11 is 0. The predicted molar refractivity (Wildman–Crippen MR) is 133 cm³/mol. The molecule has 0 radical (unpaired) electrons. The lowest BCUT2D eigenvalue weighted by Crippen LogP contribution is -2.46. The monoisotopic (exact) mass is 525 g/mol. The third-order valence-electron chi connectivity index (χ3n) is 7.05. The molecule has 1 fully saturated rings. The van der Waals surface area contributed by atoms with Crippen molar-refractivity contribution in [2.75, 3.05) is 44.4 Å². The first-order valence-electron chi connectivity index (χ1n) is 12.2. The summed E-state index contributed by atoms with van der Waals surface area (Å²) in [6.45, 7) is 5.56. The van der Waals surface area contributed by atoms with Gasteiger partial charge in [0.25, 0.3) is 0 Å². The number of nitrogens with zero attached hydrogens (tertiary/aromatic N) is 3. The van der Waals surface area contributed by atoms with E-state index in [1.54, 1.807) is 6.07 Å². The first kappa shape index (κ1) is 26.4. The van der Waals surface area contributed by atoms with Crippen molar-refractivity contribution in [1.82, 2.24) is 9.80 Å². The van der Waals surface area contributed by atoms with Crippen molar-refractivity contribution in [3.63, 3.8) is 0 Å². The molecule has 196 valence electrons. The number of anilines is 1. The van der Waals surface area contributed by atoms with E-state index in [0.717, 1.165) is 80.7 Å². The Hall–Kier alpha value is -2.65. The zero-order chi connectivity index (χ0) is 24.4. The Bertz CT molecular complexity index is 1040. The highest BCUT2D eigenvalue weighted by atomic mass is 35.5. The van der Waals surface area contributed by atoms with E-state index in [2.05, 4.69) is 4.90 Å². The number of unbranched alkanes of at least 4 members (excludes halogenated alkanes) is 2. The number of benzene rings is 2. The average Bonchev–Trinajstić information content (AvgIpc) is 3.48. The third-order valence-corrected chi connectivity index (χ3v) is 7.05. The highest BCUT2D eigenvalue weighted by molar-refractivity contribution is 5.85. The lowest BCUT2D eigenvalue weighted by Gasteiger charge is -2.36. The van der Waals surface area contributed by atoms with E-state index in [4.69, 9.17) is 9.47 Å². The number of alkyl halides is 3. The van der Waals surface area contributed by atoms with Crippen LogP contribution in [0.2, 0.25) is 0 Å². The molecule has 0 atom stereocenters. The van der Waals surface area contributed by atoms with Crippen LogP contribution in [0.4, 0.5) is 18.9 Å². The van der Waals surface area contributed by atoms with Gasteiger partial charge < -0.3 is 19.3 Å². The van der Waals surface area contributed by atoms with Crippen molar-refractivity contribution >= 4 is 24.0 Å². The molecule has 0 spiro atoms. The molecular weight excluding hydrogens is 495 g/mol. The molecule has 3 heterocycles. The molecule has 0 saturated carbocycles. The van der Waals surface area contributed by atoms with Crippen molar-refractivity contribution in [1.29, 1.82) is 0 Å². The average molecular weight is 526 g/mol. The van der Waals surface area contributed by atoms with Crippen LogP contribution in [0.1, 0.15) is 42.4 Å². The van der Waals surface area contributed by atoms with Gasteiger partial charge in [0, 0.05) is 51.4 Å². The van der Waals surface area contributed by atoms with Crippen molar-refractivity contribution in [3.05, 3.63) is 53.1 Å². The molecule has 0 unspecified atom stereocenters. The van der Waals surface area contributed by atoms with Crippen molar-refractivity contribution in [2.45, 2.75) is 44.9 Å². The molecule has 0 aliphatic carbocycles. The zero-order valence-corrected chi connectivity index (χ0v) is 20.9. The number of hydrogen-bond donors (Lipinski definition) is 0. The van der Waals surface area contributed by atoms with Crippen LogP contribution >= 0.6 is 12.4 Å². The number of hydrogen-bond acceptors (Lipinski definition) is 5. The Morgan fingerprint density at radius 3 is 2.19 bits per heavy atom. The Labute approximate surface area is 215 Å². The second kappa shape index (κ2) is 11.2. The number of carbonyl (C=O) groups is 1. The maximum Gasteiger partial charge on any atom is 0.416 e. The molecule has 10 heteroatoms. The van der Waals surface area contributed by atoms with Crippen LogP contribution in [0.15, 0.2) is 36.4 Å². The fourth-order valence-corrected chi connectivity index (χ4v) is 5.02. The first-order valence-corrected chi connectivity index (χ1v) is 12.2. The second-order valence-corrected chi connectivity index (χ2v) is 9.41. The third kappa shape index (κ3) is 6.00. The summed E-state index contributed by atoms with van der Waals surface area (Å²) in [5.41, 5.74) is 2.29. The Balaban J connectivity index is 0.00000304. The van der Waals surface area contributed by atoms with Gasteiger partial charge in [0.2, 0.25) is 12.7 Å². The highest BCUT2D eigenvalue weighted by Crippen LogP contribution is 2.38. The minimum atomic E-state index is -4.32. The van der Waals surface area contributed by atoms with Gasteiger partial charge in [-0.05, 0) is 60.8 Å². The lowest BCUT2D eigenvalue weighted by atomic mass is 10.1. The van der Waals surface area contributed by atoms with Crippen LogP contribution in [0.5, 0.6) is 11.5 Å². The van der Waals surface area contributed by atoms with Crippen LogP contribution in [0.25, 0.3) is 0 Å². The van der Waals surface area contributed by atoms with Gasteiger partial charge in [-0.1, -0.05) is 12.5 Å². The van der Waals surface area contributed by atoms with E-state index in [1.165, 1.54) is 12.1 Å². The van der Waals surface area contributed by atoms with Gasteiger partial charge >= 0.3 is 6.18 Å². The quantitative estimate of drug-likeness (QED) is 0.472. The van der Waals surface area contributed by atoms with Crippen molar-refractivity contribution in [2.24, 2.45) is 0 Å². The summed E-state index contributed by atoms with van der Waals surface area (Å²) in [5.74, 6) is 1.69. The van der Waals surface area contributed by atoms with E-state index < -0.39 is 11.7 Å². The van der Waals surface area contributed by atoms with E-state index in [-0.39, 0.29) is 25.1 Å². The van der Waals surface area contributed by atoms with Gasteiger partial charge in [-0.15, -0.1) is 12.4 Å². The molecule has 36 heavy (non-hydrogen) atoms. The Kier molecular flexibility index (Phi) is 8.20. The molecule has 2 aromatic rings. The smallest absolute Gasteiger partial charge is 0.416 e. The summed E-state index contributed by atoms with van der Waals surface area (Å²) in [6, 6.07) is 9.54. The molecule has 0 bridgehead atoms. The molecule has 0 aromatic heterocycles. The van der Waals surface area contributed by atoms with E-state index in [9.17, 15) is 18.0 Å². The largest absolute Gasteiger partial charge is 0.454 e. The molecule has 6 nitrogen and oxygen atoms in total. The number of ether oxygens (including phenoxy) is 2. The summed E-state index contributed by atoms with van der Waals surface area (Å²) in [7, 11) is 0. The minimum Gasteiger partial charge on any atom is -0.454 e. The molecule has 3 aliphatic heterocycles. The maximum atomic E-state index is 13.0. The predicted octanol–water partition coefficient (Wildman–Crippen LogP) is 5.08. The SMILES string of the molecule is Cl.O=C(CCCCCN1CCN(c2cccc(C(F)(F)F)c2)CC1)N1Cc2cc3c(cc2C1)OCO3. The number of piperazine rings is 1. The minimum absolute atomic E-state index is 0. The number of fused-ring (bicyclic) bond motifs is 2. The van der Waals surface area contributed by atoms with Crippen LogP contribution in [0.3, 0.4) is 0 Å². The molecular formula is C26H31ClF3N3O3. The zero-order valence-electron chi connectivity index (χ0n) is 20.1. The van der Waals surface area contributed by atoms with Crippen LogP contribution in [-0.2, 0) is 24.1 Å². The van der Waals surface area contributed by atoms with E-state index in [0.29, 0.717) is 25.2 Å².